The lowest BCUT2D eigenvalue weighted by Gasteiger charge is -2.24. The molecule has 12 heavy (non-hydrogen) atoms. The van der Waals surface area contributed by atoms with Gasteiger partial charge in [-0.25, -0.2) is 4.36 Å². The van der Waals surface area contributed by atoms with Gasteiger partial charge in [0.05, 0.1) is 0 Å². The molecule has 0 spiro atoms. The van der Waals surface area contributed by atoms with Gasteiger partial charge in [-0.15, -0.1) is 0 Å². The van der Waals surface area contributed by atoms with Crippen molar-refractivity contribution < 1.29 is 9.00 Å². The van der Waals surface area contributed by atoms with Crippen LogP contribution in [-0.2, 0) is 15.4 Å². The molecule has 0 aliphatic heterocycles. The molecule has 0 aromatic carbocycles. The van der Waals surface area contributed by atoms with Crippen LogP contribution in [0.15, 0.2) is 4.36 Å². The number of amides is 1. The van der Waals surface area contributed by atoms with Gasteiger partial charge in [0, 0.05) is 16.9 Å². The third-order valence-electron chi connectivity index (χ3n) is 1.97. The number of rotatable bonds is 3. The van der Waals surface area contributed by atoms with Gasteiger partial charge in [-0.1, -0.05) is 13.8 Å². The molecule has 0 saturated heterocycles. The molecular formula is C7H16N2O2S. The molecule has 72 valence electrons. The second-order valence-electron chi connectivity index (χ2n) is 3.23. The summed E-state index contributed by atoms with van der Waals surface area (Å²) >= 11 is 0. The van der Waals surface area contributed by atoms with Crippen LogP contribution in [0.1, 0.15) is 20.8 Å². The van der Waals surface area contributed by atoms with E-state index in [1.165, 1.54) is 6.26 Å². The van der Waals surface area contributed by atoms with Crippen molar-refractivity contribution in [1.29, 1.82) is 0 Å². The molecule has 1 unspecified atom stereocenters. The number of primary amides is 1. The largest absolute Gasteiger partial charge is 0.368 e. The van der Waals surface area contributed by atoms with E-state index in [-0.39, 0.29) is 5.92 Å². The summed E-state index contributed by atoms with van der Waals surface area (Å²) in [6, 6.07) is 0. The average molecular weight is 192 g/mol. The second-order valence-corrected chi connectivity index (χ2v) is 4.36. The molecule has 4 nitrogen and oxygen atoms in total. The van der Waals surface area contributed by atoms with Crippen molar-refractivity contribution in [2.75, 3.05) is 6.26 Å². The van der Waals surface area contributed by atoms with Crippen molar-refractivity contribution in [1.82, 2.24) is 0 Å². The van der Waals surface area contributed by atoms with E-state index in [4.69, 9.17) is 5.73 Å². The summed E-state index contributed by atoms with van der Waals surface area (Å²) in [5.41, 5.74) is 4.16. The molecule has 1 amide bonds. The van der Waals surface area contributed by atoms with Crippen LogP contribution in [-0.4, -0.2) is 21.9 Å². The monoisotopic (exact) mass is 192 g/mol. The molecule has 0 radical (unpaired) electrons. The zero-order chi connectivity index (χ0) is 9.94. The Bertz CT molecular complexity index is 256. The first kappa shape index (κ1) is 11.4. The summed E-state index contributed by atoms with van der Waals surface area (Å²) in [4.78, 5) is 11.0. The van der Waals surface area contributed by atoms with Crippen molar-refractivity contribution in [3.05, 3.63) is 0 Å². The van der Waals surface area contributed by atoms with E-state index in [1.807, 2.05) is 13.8 Å². The average Bonchev–Trinajstić information content (AvgIpc) is 1.84. The van der Waals surface area contributed by atoms with E-state index in [1.54, 1.807) is 6.92 Å². The molecule has 0 bridgehead atoms. The minimum absolute atomic E-state index is 0.0334. The molecule has 0 fully saturated rings. The molecule has 5 heteroatoms. The molecule has 0 aromatic heterocycles. The Balaban J connectivity index is 5.02. The summed E-state index contributed by atoms with van der Waals surface area (Å²) < 4.78 is 14.7. The highest BCUT2D eigenvalue weighted by Gasteiger charge is 2.34. The Morgan fingerprint density at radius 1 is 1.58 bits per heavy atom. The van der Waals surface area contributed by atoms with E-state index in [2.05, 4.69) is 4.36 Å². The van der Waals surface area contributed by atoms with Crippen LogP contribution in [0.5, 0.6) is 0 Å². The van der Waals surface area contributed by atoms with Crippen molar-refractivity contribution in [3.63, 3.8) is 0 Å². The van der Waals surface area contributed by atoms with Crippen molar-refractivity contribution in [2.24, 2.45) is 16.0 Å². The molecule has 2 atom stereocenters. The summed E-state index contributed by atoms with van der Waals surface area (Å²) in [6.07, 6.45) is 1.46. The highest BCUT2D eigenvalue weighted by atomic mass is 32.2. The minimum Gasteiger partial charge on any atom is -0.368 e. The van der Waals surface area contributed by atoms with E-state index < -0.39 is 22.0 Å². The Hall–Kier alpha value is -0.580. The molecule has 0 rings (SSSR count). The van der Waals surface area contributed by atoms with Crippen LogP contribution in [0.3, 0.4) is 0 Å². The topological polar surface area (TPSA) is 72.5 Å². The smallest absolute Gasteiger partial charge is 0.246 e. The van der Waals surface area contributed by atoms with Gasteiger partial charge in [0.1, 0.15) is 5.54 Å². The maximum Gasteiger partial charge on any atom is 0.246 e. The minimum atomic E-state index is -1.68. The standard InChI is InChI=1S/C7H16N2O2S/c1-5(2)7(3,6(8)10)9-12(4)11/h5,12H,1-4H3,(H2,8,10)/t7-/m0/s1. The lowest BCUT2D eigenvalue weighted by atomic mass is 9.89. The third kappa shape index (κ3) is 2.48. The predicted molar refractivity (Wildman–Crippen MR) is 50.3 cm³/mol. The molecule has 2 N–H and O–H groups in total. The van der Waals surface area contributed by atoms with Crippen LogP contribution in [0, 0.1) is 5.92 Å². The predicted octanol–water partition coefficient (Wildman–Crippen LogP) is 0.181. The van der Waals surface area contributed by atoms with Crippen molar-refractivity contribution in [2.45, 2.75) is 26.3 Å². The quantitative estimate of drug-likeness (QED) is 0.626. The lowest BCUT2D eigenvalue weighted by molar-refractivity contribution is -0.123. The van der Waals surface area contributed by atoms with Gasteiger partial charge in [-0.2, -0.15) is 0 Å². The molecule has 0 aliphatic rings. The summed E-state index contributed by atoms with van der Waals surface area (Å²) in [5.74, 6) is -0.559. The first-order valence-corrected chi connectivity index (χ1v) is 5.40. The van der Waals surface area contributed by atoms with Crippen LogP contribution in [0.4, 0.5) is 0 Å². The third-order valence-corrected chi connectivity index (χ3v) is 2.67. The number of carbonyl (C=O) groups excluding carboxylic acids is 1. The summed E-state index contributed by atoms with van der Waals surface area (Å²) in [7, 11) is -1.68. The van der Waals surface area contributed by atoms with Crippen LogP contribution < -0.4 is 5.73 Å². The number of thiol groups is 1. The molecule has 0 saturated carbocycles. The Morgan fingerprint density at radius 2 is 2.00 bits per heavy atom. The van der Waals surface area contributed by atoms with Crippen molar-refractivity contribution in [3.8, 4) is 0 Å². The second kappa shape index (κ2) is 3.89. The van der Waals surface area contributed by atoms with E-state index in [9.17, 15) is 9.00 Å². The summed E-state index contributed by atoms with van der Waals surface area (Å²) in [6.45, 7) is 5.26. The van der Waals surface area contributed by atoms with Gasteiger partial charge in [0.25, 0.3) is 0 Å². The fraction of sp³-hybridized carbons (Fsp3) is 0.857. The van der Waals surface area contributed by atoms with Gasteiger partial charge in [-0.3, -0.25) is 9.00 Å². The Labute approximate surface area is 74.7 Å². The normalized spacial score (nSPS) is 19.1. The number of carbonyl (C=O) groups is 1. The molecule has 0 aromatic rings. The van der Waals surface area contributed by atoms with Crippen LogP contribution in [0.25, 0.3) is 0 Å². The lowest BCUT2D eigenvalue weighted by Crippen LogP contribution is -2.43. The molecule has 0 aliphatic carbocycles. The molecule has 0 heterocycles. The Kier molecular flexibility index (Phi) is 3.70. The highest BCUT2D eigenvalue weighted by molar-refractivity contribution is 7.74. The van der Waals surface area contributed by atoms with E-state index >= 15 is 0 Å². The van der Waals surface area contributed by atoms with Crippen molar-refractivity contribution >= 4 is 16.5 Å². The van der Waals surface area contributed by atoms with Gasteiger partial charge < -0.3 is 5.73 Å². The van der Waals surface area contributed by atoms with Gasteiger partial charge in [0.15, 0.2) is 0 Å². The maximum absolute atomic E-state index is 11.0. The zero-order valence-corrected chi connectivity index (χ0v) is 8.76. The number of nitrogens with two attached hydrogens (primary N) is 1. The highest BCUT2D eigenvalue weighted by Crippen LogP contribution is 2.20. The van der Waals surface area contributed by atoms with Gasteiger partial charge in [0.2, 0.25) is 5.91 Å². The Morgan fingerprint density at radius 3 is 2.08 bits per heavy atom. The van der Waals surface area contributed by atoms with Gasteiger partial charge in [-0.05, 0) is 12.8 Å². The SMILES string of the molecule is CC(C)[C@](C)(/N=[SH](/C)=O)C(N)=O. The molecular weight excluding hydrogens is 176 g/mol. The number of hydrogen-bond donors (Lipinski definition) is 2. The van der Waals surface area contributed by atoms with Crippen LogP contribution >= 0.6 is 0 Å². The van der Waals surface area contributed by atoms with Gasteiger partial charge >= 0.3 is 0 Å². The zero-order valence-electron chi connectivity index (χ0n) is 7.87. The number of hydrogen-bond acceptors (Lipinski definition) is 3. The van der Waals surface area contributed by atoms with Crippen LogP contribution in [0.2, 0.25) is 0 Å². The van der Waals surface area contributed by atoms with E-state index in [0.29, 0.717) is 0 Å². The number of nitrogens with zero attached hydrogens (tertiary/aromatic N) is 1. The first-order chi connectivity index (χ1) is 5.30. The fourth-order valence-electron chi connectivity index (χ4n) is 0.742. The maximum atomic E-state index is 11.0. The summed E-state index contributed by atoms with van der Waals surface area (Å²) in [5, 5.41) is 0. The van der Waals surface area contributed by atoms with E-state index in [0.717, 1.165) is 0 Å². The fourth-order valence-corrected chi connectivity index (χ4v) is 1.66. The first-order valence-electron chi connectivity index (χ1n) is 3.74.